The smallest absolute Gasteiger partial charge is 0.330 e. The summed E-state index contributed by atoms with van der Waals surface area (Å²) in [4.78, 5) is 29.1. The van der Waals surface area contributed by atoms with Crippen LogP contribution in [0, 0.1) is 0 Å². The normalized spacial score (nSPS) is 23.3. The third kappa shape index (κ3) is 4.45. The molecular weight excluding hydrogens is 479 g/mol. The Hall–Kier alpha value is -3.13. The first kappa shape index (κ1) is 25.5. The van der Waals surface area contributed by atoms with Crippen molar-refractivity contribution in [3.8, 4) is 0 Å². The van der Waals surface area contributed by atoms with Crippen LogP contribution in [0.2, 0.25) is 0 Å². The Morgan fingerprint density at radius 2 is 1.86 bits per heavy atom. The summed E-state index contributed by atoms with van der Waals surface area (Å²) in [6, 6.07) is 14.6. The van der Waals surface area contributed by atoms with E-state index < -0.39 is 24.0 Å². The van der Waals surface area contributed by atoms with E-state index in [0.717, 1.165) is 33.7 Å². The molecule has 0 aromatic heterocycles. The van der Waals surface area contributed by atoms with E-state index in [0.29, 0.717) is 31.4 Å². The predicted octanol–water partition coefficient (Wildman–Crippen LogP) is 5.57. The molecule has 5 rings (SSSR count). The molecule has 8 heteroatoms. The molecule has 3 aliphatic rings. The maximum Gasteiger partial charge on any atom is 0.407 e. The van der Waals surface area contributed by atoms with Crippen molar-refractivity contribution < 1.29 is 22.8 Å². The van der Waals surface area contributed by atoms with Gasteiger partial charge in [-0.15, -0.1) is 0 Å². The van der Waals surface area contributed by atoms with E-state index >= 15 is 0 Å². The average molecular weight is 512 g/mol. The Morgan fingerprint density at radius 3 is 2.59 bits per heavy atom. The van der Waals surface area contributed by atoms with Gasteiger partial charge in [0.25, 0.3) is 11.8 Å². The fourth-order valence-corrected chi connectivity index (χ4v) is 6.20. The summed E-state index contributed by atoms with van der Waals surface area (Å²) in [5.74, 6) is -0.632. The number of carbonyl (C=O) groups excluding carboxylic acids is 2. The zero-order valence-corrected chi connectivity index (χ0v) is 21.2. The highest BCUT2D eigenvalue weighted by molar-refractivity contribution is 5.99. The highest BCUT2D eigenvalue weighted by Gasteiger charge is 2.51. The molecule has 5 nitrogen and oxygen atoms in total. The van der Waals surface area contributed by atoms with E-state index in [1.807, 2.05) is 62.4 Å². The molecular formula is C29H32F3N3O2. The second kappa shape index (κ2) is 9.63. The van der Waals surface area contributed by atoms with E-state index in [9.17, 15) is 22.8 Å². The first-order valence-electron chi connectivity index (χ1n) is 13.0. The van der Waals surface area contributed by atoms with E-state index in [1.54, 1.807) is 11.0 Å². The number of hydrazine groups is 1. The minimum atomic E-state index is -4.56. The van der Waals surface area contributed by atoms with Crippen LogP contribution in [-0.2, 0) is 16.8 Å². The molecule has 1 fully saturated rings. The first-order chi connectivity index (χ1) is 17.7. The first-order valence-corrected chi connectivity index (χ1v) is 13.0. The lowest BCUT2D eigenvalue weighted by Crippen LogP contribution is -2.57. The molecule has 37 heavy (non-hydrogen) atoms. The van der Waals surface area contributed by atoms with Gasteiger partial charge < -0.3 is 4.90 Å². The van der Waals surface area contributed by atoms with Crippen LogP contribution in [0.1, 0.15) is 66.6 Å². The summed E-state index contributed by atoms with van der Waals surface area (Å²) in [6.45, 7) is 3.43. The van der Waals surface area contributed by atoms with Crippen LogP contribution in [0.4, 0.5) is 13.2 Å². The van der Waals surface area contributed by atoms with Crippen molar-refractivity contribution in [1.29, 1.82) is 0 Å². The van der Waals surface area contributed by atoms with Crippen LogP contribution in [0.5, 0.6) is 0 Å². The minimum Gasteiger partial charge on any atom is -0.330 e. The Morgan fingerprint density at radius 1 is 1.14 bits per heavy atom. The predicted molar refractivity (Wildman–Crippen MR) is 135 cm³/mol. The Balaban J connectivity index is 1.45. The van der Waals surface area contributed by atoms with Crippen LogP contribution in [0.25, 0.3) is 6.08 Å². The SMILES string of the molecule is CCCCC1(C(=O)N(CC(F)(F)F)N2CCC(N3Cc4ccccc4C3=O)C2)C(C)=Cc2ccccc21. The van der Waals surface area contributed by atoms with Crippen LogP contribution >= 0.6 is 0 Å². The number of unbranched alkanes of at least 4 members (excludes halogenated alkanes) is 1. The molecule has 0 bridgehead atoms. The molecule has 2 aromatic carbocycles. The molecule has 2 aliphatic heterocycles. The number of rotatable bonds is 7. The van der Waals surface area contributed by atoms with E-state index in [4.69, 9.17) is 0 Å². The fourth-order valence-electron chi connectivity index (χ4n) is 6.20. The zero-order chi connectivity index (χ0) is 26.4. The van der Waals surface area contributed by atoms with Gasteiger partial charge in [0.2, 0.25) is 0 Å². The Bertz CT molecular complexity index is 1240. The quantitative estimate of drug-likeness (QED) is 0.488. The third-order valence-corrected chi connectivity index (χ3v) is 8.07. The average Bonchev–Trinajstić information content (AvgIpc) is 3.55. The standard InChI is InChI=1S/C29H32F3N3O2/c1-3-4-14-28(20(2)16-21-9-6-8-12-25(21)28)27(37)35(19-29(30,31)32)33-15-13-23(18-33)34-17-22-10-5-7-11-24(22)26(34)36/h5-12,16,23H,3-4,13-15,17-19H2,1-2H3. The van der Waals surface area contributed by atoms with Gasteiger partial charge in [-0.1, -0.05) is 73.9 Å². The maximum atomic E-state index is 14.3. The molecule has 2 aromatic rings. The van der Waals surface area contributed by atoms with Crippen LogP contribution < -0.4 is 0 Å². The maximum absolute atomic E-state index is 14.3. The molecule has 0 spiro atoms. The van der Waals surface area contributed by atoms with Crippen molar-refractivity contribution in [3.05, 3.63) is 76.4 Å². The zero-order valence-electron chi connectivity index (χ0n) is 21.2. The summed E-state index contributed by atoms with van der Waals surface area (Å²) >= 11 is 0. The monoisotopic (exact) mass is 511 g/mol. The van der Waals surface area contributed by atoms with E-state index in [2.05, 4.69) is 0 Å². The highest BCUT2D eigenvalue weighted by atomic mass is 19.4. The van der Waals surface area contributed by atoms with Crippen molar-refractivity contribution in [1.82, 2.24) is 14.9 Å². The lowest BCUT2D eigenvalue weighted by Gasteiger charge is -2.41. The number of hydrogen-bond donors (Lipinski definition) is 0. The van der Waals surface area contributed by atoms with Crippen molar-refractivity contribution in [2.45, 2.75) is 63.7 Å². The van der Waals surface area contributed by atoms with Gasteiger partial charge in [-0.2, -0.15) is 13.2 Å². The van der Waals surface area contributed by atoms with Crippen molar-refractivity contribution in [2.75, 3.05) is 19.6 Å². The number of hydrogen-bond acceptors (Lipinski definition) is 3. The largest absolute Gasteiger partial charge is 0.407 e. The molecule has 0 N–H and O–H groups in total. The van der Waals surface area contributed by atoms with Gasteiger partial charge in [0.1, 0.15) is 6.54 Å². The highest BCUT2D eigenvalue weighted by Crippen LogP contribution is 2.47. The van der Waals surface area contributed by atoms with E-state index in [-0.39, 0.29) is 25.0 Å². The van der Waals surface area contributed by atoms with Gasteiger partial charge in [0, 0.05) is 31.2 Å². The third-order valence-electron chi connectivity index (χ3n) is 8.07. The van der Waals surface area contributed by atoms with Crippen molar-refractivity contribution in [2.24, 2.45) is 0 Å². The topological polar surface area (TPSA) is 43.9 Å². The van der Waals surface area contributed by atoms with Gasteiger partial charge in [-0.25, -0.2) is 5.01 Å². The van der Waals surface area contributed by atoms with Crippen molar-refractivity contribution in [3.63, 3.8) is 0 Å². The Labute approximate surface area is 215 Å². The molecule has 1 saturated heterocycles. The van der Waals surface area contributed by atoms with Gasteiger partial charge in [-0.3, -0.25) is 14.6 Å². The molecule has 2 heterocycles. The lowest BCUT2D eigenvalue weighted by molar-refractivity contribution is -0.192. The van der Waals surface area contributed by atoms with Crippen LogP contribution in [0.3, 0.4) is 0 Å². The molecule has 2 unspecified atom stereocenters. The van der Waals surface area contributed by atoms with Crippen LogP contribution in [0.15, 0.2) is 54.1 Å². The summed E-state index contributed by atoms with van der Waals surface area (Å²) in [5, 5.41) is 2.46. The number of amides is 2. The molecule has 2 amide bonds. The minimum absolute atomic E-state index is 0.0981. The second-order valence-electron chi connectivity index (χ2n) is 10.3. The summed E-state index contributed by atoms with van der Waals surface area (Å²) in [5.41, 5.74) is 2.88. The Kier molecular flexibility index (Phi) is 6.64. The lowest BCUT2D eigenvalue weighted by atomic mass is 9.73. The summed E-state index contributed by atoms with van der Waals surface area (Å²) < 4.78 is 41.7. The number of nitrogens with zero attached hydrogens (tertiary/aromatic N) is 3. The number of alkyl halides is 3. The van der Waals surface area contributed by atoms with Gasteiger partial charge >= 0.3 is 6.18 Å². The fraction of sp³-hybridized carbons (Fsp3) is 0.448. The van der Waals surface area contributed by atoms with Gasteiger partial charge in [0.15, 0.2) is 0 Å². The molecule has 1 aliphatic carbocycles. The van der Waals surface area contributed by atoms with Gasteiger partial charge in [-0.05, 0) is 42.5 Å². The summed E-state index contributed by atoms with van der Waals surface area (Å²) in [7, 11) is 0. The number of benzene rings is 2. The van der Waals surface area contributed by atoms with Crippen LogP contribution in [-0.4, -0.2) is 58.6 Å². The van der Waals surface area contributed by atoms with E-state index in [1.165, 1.54) is 5.01 Å². The molecule has 2 atom stereocenters. The number of halogens is 3. The second-order valence-corrected chi connectivity index (χ2v) is 10.3. The molecule has 0 saturated carbocycles. The number of carbonyl (C=O) groups is 2. The number of fused-ring (bicyclic) bond motifs is 2. The summed E-state index contributed by atoms with van der Waals surface area (Å²) in [6.07, 6.45) is -0.125. The van der Waals surface area contributed by atoms with Gasteiger partial charge in [0.05, 0.1) is 5.41 Å². The van der Waals surface area contributed by atoms with Crippen molar-refractivity contribution >= 4 is 17.9 Å². The molecule has 0 radical (unpaired) electrons. The molecule has 196 valence electrons.